The number of terminal acetylenes is 1. The lowest BCUT2D eigenvalue weighted by atomic mass is 10.1. The highest BCUT2D eigenvalue weighted by Gasteiger charge is 2.40. The van der Waals surface area contributed by atoms with Crippen LogP contribution in [0.3, 0.4) is 0 Å². The van der Waals surface area contributed by atoms with Crippen molar-refractivity contribution in [2.24, 2.45) is 0 Å². The van der Waals surface area contributed by atoms with Gasteiger partial charge in [-0.15, -0.1) is 6.42 Å². The number of hydrogen-bond acceptors (Lipinski definition) is 7. The standard InChI is InChI=1S/C25H18Cl2N2O7/c1-2-14-12-29(25(33)28-22(14)30)21-11-19(36-24(32)16-5-9-18(27)10-6-16)20(35-21)13-34-23(31)15-3-7-17(26)8-4-15/h1,3-10,12,19-21H,11,13H2,(H,28,30,33)/t19-,20+,21+/m0/s1. The van der Waals surface area contributed by atoms with Crippen molar-refractivity contribution < 1.29 is 23.8 Å². The number of carbonyl (C=O) groups excluding carboxylic acids is 2. The van der Waals surface area contributed by atoms with Gasteiger partial charge in [-0.3, -0.25) is 14.3 Å². The molecule has 0 bridgehead atoms. The highest BCUT2D eigenvalue weighted by atomic mass is 35.5. The van der Waals surface area contributed by atoms with E-state index >= 15 is 0 Å². The van der Waals surface area contributed by atoms with Gasteiger partial charge in [-0.1, -0.05) is 29.1 Å². The molecule has 4 rings (SSSR count). The number of aromatic nitrogens is 2. The lowest BCUT2D eigenvalue weighted by molar-refractivity contribution is -0.0582. The highest BCUT2D eigenvalue weighted by Crippen LogP contribution is 2.31. The minimum absolute atomic E-state index is 0.0262. The van der Waals surface area contributed by atoms with E-state index in [1.165, 1.54) is 30.5 Å². The van der Waals surface area contributed by atoms with Gasteiger partial charge in [0.25, 0.3) is 5.56 Å². The highest BCUT2D eigenvalue weighted by molar-refractivity contribution is 6.31. The molecule has 1 N–H and O–H groups in total. The molecule has 1 aliphatic rings. The van der Waals surface area contributed by atoms with Crippen molar-refractivity contribution in [3.63, 3.8) is 0 Å². The quantitative estimate of drug-likeness (QED) is 0.385. The van der Waals surface area contributed by atoms with Crippen molar-refractivity contribution in [1.29, 1.82) is 0 Å². The molecule has 1 saturated heterocycles. The molecule has 2 heterocycles. The third-order valence-electron chi connectivity index (χ3n) is 5.41. The first-order valence-corrected chi connectivity index (χ1v) is 11.4. The summed E-state index contributed by atoms with van der Waals surface area (Å²) in [5.74, 6) is 0.895. The van der Waals surface area contributed by atoms with Crippen molar-refractivity contribution in [2.75, 3.05) is 6.61 Å². The topological polar surface area (TPSA) is 117 Å². The number of esters is 2. The van der Waals surface area contributed by atoms with Crippen molar-refractivity contribution in [1.82, 2.24) is 9.55 Å². The number of carbonyl (C=O) groups is 2. The fraction of sp³-hybridized carbons (Fsp3) is 0.200. The van der Waals surface area contributed by atoms with E-state index in [4.69, 9.17) is 43.8 Å². The second kappa shape index (κ2) is 10.8. The summed E-state index contributed by atoms with van der Waals surface area (Å²) in [6.45, 7) is -0.281. The van der Waals surface area contributed by atoms with Gasteiger partial charge in [0, 0.05) is 22.7 Å². The Kier molecular flexibility index (Phi) is 7.60. The maximum Gasteiger partial charge on any atom is 0.338 e. The lowest BCUT2D eigenvalue weighted by Crippen LogP contribution is -2.34. The number of aromatic amines is 1. The Hall–Kier alpha value is -3.84. The molecule has 1 aromatic heterocycles. The molecule has 0 spiro atoms. The van der Waals surface area contributed by atoms with E-state index in [0.29, 0.717) is 10.0 Å². The van der Waals surface area contributed by atoms with E-state index in [-0.39, 0.29) is 29.7 Å². The fourth-order valence-electron chi connectivity index (χ4n) is 3.57. The summed E-state index contributed by atoms with van der Waals surface area (Å²) in [4.78, 5) is 51.5. The Morgan fingerprint density at radius 1 is 1.03 bits per heavy atom. The van der Waals surface area contributed by atoms with Gasteiger partial charge >= 0.3 is 17.6 Å². The first-order chi connectivity index (χ1) is 17.2. The molecule has 1 fully saturated rings. The van der Waals surface area contributed by atoms with Gasteiger partial charge in [-0.2, -0.15) is 0 Å². The van der Waals surface area contributed by atoms with E-state index < -0.39 is 41.6 Å². The summed E-state index contributed by atoms with van der Waals surface area (Å²) >= 11 is 11.7. The molecule has 0 unspecified atom stereocenters. The monoisotopic (exact) mass is 528 g/mol. The van der Waals surface area contributed by atoms with Crippen LogP contribution in [0, 0.1) is 12.3 Å². The van der Waals surface area contributed by atoms with E-state index in [9.17, 15) is 19.2 Å². The van der Waals surface area contributed by atoms with Crippen LogP contribution in [0.4, 0.5) is 0 Å². The lowest BCUT2D eigenvalue weighted by Gasteiger charge is -2.19. The summed E-state index contributed by atoms with van der Waals surface area (Å²) in [7, 11) is 0. The van der Waals surface area contributed by atoms with Gasteiger partial charge in [-0.25, -0.2) is 14.4 Å². The van der Waals surface area contributed by atoms with Gasteiger partial charge in [0.2, 0.25) is 0 Å². The van der Waals surface area contributed by atoms with Gasteiger partial charge in [0.1, 0.15) is 30.6 Å². The van der Waals surface area contributed by atoms with Crippen LogP contribution < -0.4 is 11.2 Å². The maximum absolute atomic E-state index is 12.7. The number of ether oxygens (including phenoxy) is 3. The minimum atomic E-state index is -0.955. The number of benzene rings is 2. The van der Waals surface area contributed by atoms with Crippen LogP contribution in [-0.4, -0.2) is 40.3 Å². The fourth-order valence-corrected chi connectivity index (χ4v) is 3.82. The van der Waals surface area contributed by atoms with Gasteiger partial charge < -0.3 is 14.2 Å². The van der Waals surface area contributed by atoms with Crippen LogP contribution in [0.15, 0.2) is 64.3 Å². The molecule has 3 aromatic rings. The van der Waals surface area contributed by atoms with Crippen LogP contribution in [0.1, 0.15) is 38.9 Å². The second-order valence-corrected chi connectivity index (χ2v) is 8.65. The summed E-state index contributed by atoms with van der Waals surface area (Å²) < 4.78 is 18.0. The van der Waals surface area contributed by atoms with Crippen molar-refractivity contribution >= 4 is 35.1 Å². The van der Waals surface area contributed by atoms with Gasteiger partial charge in [-0.05, 0) is 48.5 Å². The van der Waals surface area contributed by atoms with Crippen LogP contribution in [-0.2, 0) is 14.2 Å². The van der Waals surface area contributed by atoms with Crippen LogP contribution >= 0.6 is 23.2 Å². The molecule has 3 atom stereocenters. The van der Waals surface area contributed by atoms with Gasteiger partial charge in [0.05, 0.1) is 11.1 Å². The summed E-state index contributed by atoms with van der Waals surface area (Å²) in [6, 6.07) is 12.2. The number of hydrogen-bond donors (Lipinski definition) is 1. The number of H-pyrrole nitrogens is 1. The smallest absolute Gasteiger partial charge is 0.338 e. The van der Waals surface area contributed by atoms with E-state index in [2.05, 4.69) is 10.9 Å². The Morgan fingerprint density at radius 2 is 1.61 bits per heavy atom. The maximum atomic E-state index is 12.7. The molecular formula is C25H18Cl2N2O7. The molecule has 1 aliphatic heterocycles. The Balaban J connectivity index is 1.55. The van der Waals surface area contributed by atoms with Crippen LogP contribution in [0.2, 0.25) is 10.0 Å². The normalized spacial score (nSPS) is 18.9. The predicted octanol–water partition coefficient (Wildman–Crippen LogP) is 3.19. The Bertz CT molecular complexity index is 1440. The first-order valence-electron chi connectivity index (χ1n) is 10.6. The number of nitrogens with one attached hydrogen (secondary N) is 1. The second-order valence-electron chi connectivity index (χ2n) is 7.77. The summed E-state index contributed by atoms with van der Waals surface area (Å²) in [6.07, 6.45) is 3.78. The average molecular weight is 529 g/mol. The number of halogens is 2. The molecule has 9 nitrogen and oxygen atoms in total. The molecule has 184 valence electrons. The zero-order chi connectivity index (χ0) is 25.8. The Morgan fingerprint density at radius 3 is 2.19 bits per heavy atom. The third-order valence-corrected chi connectivity index (χ3v) is 5.91. The van der Waals surface area contributed by atoms with Crippen LogP contribution in [0.5, 0.6) is 0 Å². The molecule has 0 saturated carbocycles. The van der Waals surface area contributed by atoms with E-state index in [1.54, 1.807) is 24.3 Å². The Labute approximate surface area is 214 Å². The molecule has 0 aliphatic carbocycles. The average Bonchev–Trinajstić information content (AvgIpc) is 3.25. The largest absolute Gasteiger partial charge is 0.459 e. The molecular weight excluding hydrogens is 511 g/mol. The van der Waals surface area contributed by atoms with Gasteiger partial charge in [0.15, 0.2) is 0 Å². The molecule has 11 heteroatoms. The molecule has 36 heavy (non-hydrogen) atoms. The third kappa shape index (κ3) is 5.69. The van der Waals surface area contributed by atoms with Crippen LogP contribution in [0.25, 0.3) is 0 Å². The minimum Gasteiger partial charge on any atom is -0.459 e. The van der Waals surface area contributed by atoms with E-state index in [0.717, 1.165) is 4.57 Å². The predicted molar refractivity (Wildman–Crippen MR) is 130 cm³/mol. The summed E-state index contributed by atoms with van der Waals surface area (Å²) in [5.41, 5.74) is -1.04. The SMILES string of the molecule is C#Cc1cn([C@H]2C[C@H](OC(=O)c3ccc(Cl)cc3)[C@@H](COC(=O)c3ccc(Cl)cc3)O2)c(=O)[nH]c1=O. The van der Waals surface area contributed by atoms with Crippen molar-refractivity contribution in [2.45, 2.75) is 24.9 Å². The van der Waals surface area contributed by atoms with Crippen molar-refractivity contribution in [3.8, 4) is 12.3 Å². The zero-order valence-electron chi connectivity index (χ0n) is 18.5. The zero-order valence-corrected chi connectivity index (χ0v) is 20.0. The first kappa shape index (κ1) is 25.3. The molecule has 2 aromatic carbocycles. The summed E-state index contributed by atoms with van der Waals surface area (Å²) in [5, 5.41) is 0.907. The molecule has 0 amide bonds. The number of rotatable bonds is 6. The number of nitrogens with zero attached hydrogens (tertiary/aromatic N) is 1. The van der Waals surface area contributed by atoms with Crippen molar-refractivity contribution in [3.05, 3.63) is 102 Å². The van der Waals surface area contributed by atoms with E-state index in [1.807, 2.05) is 0 Å². The molecule has 0 radical (unpaired) electrons.